The molecule has 1 N–H and O–H groups in total. The summed E-state index contributed by atoms with van der Waals surface area (Å²) in [4.78, 5) is 28.0. The molecule has 1 fully saturated rings. The molecule has 5 heteroatoms. The van der Waals surface area contributed by atoms with E-state index in [-0.39, 0.29) is 17.9 Å². The van der Waals surface area contributed by atoms with Crippen LogP contribution in [0.4, 0.5) is 0 Å². The fraction of sp³-hybridized carbons (Fsp3) is 0.455. The number of benzene rings is 1. The summed E-state index contributed by atoms with van der Waals surface area (Å²) in [5, 5.41) is 4.97. The van der Waals surface area contributed by atoms with Crippen molar-refractivity contribution < 1.29 is 9.59 Å². The number of hydrogen-bond acceptors (Lipinski definition) is 3. The molecule has 0 saturated carbocycles. The van der Waals surface area contributed by atoms with Crippen LogP contribution in [-0.2, 0) is 11.2 Å². The predicted octanol–water partition coefficient (Wildman–Crippen LogP) is 4.03. The molecule has 1 aromatic carbocycles. The average Bonchev–Trinajstić information content (AvgIpc) is 3.17. The lowest BCUT2D eigenvalue weighted by molar-refractivity contribution is -0.126. The lowest BCUT2D eigenvalue weighted by Crippen LogP contribution is -2.52. The quantitative estimate of drug-likeness (QED) is 0.846. The van der Waals surface area contributed by atoms with Gasteiger partial charge in [-0.05, 0) is 74.6 Å². The van der Waals surface area contributed by atoms with E-state index in [9.17, 15) is 9.59 Å². The van der Waals surface area contributed by atoms with Crippen molar-refractivity contribution in [3.05, 3.63) is 56.8 Å². The van der Waals surface area contributed by atoms with Crippen LogP contribution >= 0.6 is 11.3 Å². The van der Waals surface area contributed by atoms with E-state index >= 15 is 0 Å². The van der Waals surface area contributed by atoms with E-state index in [0.717, 1.165) is 25.7 Å². The molecule has 1 atom stereocenters. The van der Waals surface area contributed by atoms with Gasteiger partial charge >= 0.3 is 0 Å². The van der Waals surface area contributed by atoms with E-state index in [1.54, 1.807) is 4.90 Å². The Labute approximate surface area is 165 Å². The summed E-state index contributed by atoms with van der Waals surface area (Å²) >= 11 is 1.43. The normalized spacial score (nSPS) is 17.0. The van der Waals surface area contributed by atoms with Gasteiger partial charge in [0.25, 0.3) is 5.91 Å². The van der Waals surface area contributed by atoms with Crippen molar-refractivity contribution in [3.63, 3.8) is 0 Å². The van der Waals surface area contributed by atoms with Crippen molar-refractivity contribution in [1.82, 2.24) is 10.2 Å². The third-order valence-electron chi connectivity index (χ3n) is 5.31. The highest BCUT2D eigenvalue weighted by molar-refractivity contribution is 7.12. The van der Waals surface area contributed by atoms with Gasteiger partial charge in [-0.25, -0.2) is 0 Å². The molecular weight excluding hydrogens is 356 g/mol. The third-order valence-corrected chi connectivity index (χ3v) is 6.17. The van der Waals surface area contributed by atoms with Crippen molar-refractivity contribution in [2.75, 3.05) is 13.1 Å². The van der Waals surface area contributed by atoms with Gasteiger partial charge in [0.2, 0.25) is 5.91 Å². The van der Waals surface area contributed by atoms with Gasteiger partial charge in [0.15, 0.2) is 0 Å². The molecule has 0 spiro atoms. The molecule has 2 amide bonds. The molecular formula is C22H28N2O2S. The van der Waals surface area contributed by atoms with Gasteiger partial charge in [0, 0.05) is 13.1 Å². The molecule has 2 heterocycles. The Morgan fingerprint density at radius 1 is 1.19 bits per heavy atom. The molecule has 1 aromatic heterocycles. The SMILES string of the molecule is Cc1cc(C)c(CCNC(=O)C2CCCCN2C(=O)c2cccs2)c(C)c1. The zero-order chi connectivity index (χ0) is 19.4. The summed E-state index contributed by atoms with van der Waals surface area (Å²) in [5.41, 5.74) is 5.11. The van der Waals surface area contributed by atoms with E-state index in [2.05, 4.69) is 38.2 Å². The number of hydrogen-bond donors (Lipinski definition) is 1. The monoisotopic (exact) mass is 384 g/mol. The maximum atomic E-state index is 12.8. The molecule has 0 aliphatic carbocycles. The number of carbonyl (C=O) groups excluding carboxylic acids is 2. The summed E-state index contributed by atoms with van der Waals surface area (Å²) in [7, 11) is 0. The number of likely N-dealkylation sites (tertiary alicyclic amines) is 1. The number of amides is 2. The number of thiophene rings is 1. The molecule has 0 bridgehead atoms. The molecule has 1 aliphatic heterocycles. The number of carbonyl (C=O) groups is 2. The maximum absolute atomic E-state index is 12.8. The first-order valence-electron chi connectivity index (χ1n) is 9.66. The molecule has 144 valence electrons. The predicted molar refractivity (Wildman–Crippen MR) is 110 cm³/mol. The minimum absolute atomic E-state index is 0.0185. The molecule has 27 heavy (non-hydrogen) atoms. The van der Waals surface area contributed by atoms with E-state index in [1.807, 2.05) is 17.5 Å². The Bertz CT molecular complexity index is 791. The zero-order valence-corrected chi connectivity index (χ0v) is 17.2. The third kappa shape index (κ3) is 4.59. The van der Waals surface area contributed by atoms with Crippen LogP contribution in [-0.4, -0.2) is 35.8 Å². The minimum Gasteiger partial charge on any atom is -0.354 e. The number of aryl methyl sites for hydroxylation is 3. The highest BCUT2D eigenvalue weighted by Crippen LogP contribution is 2.22. The highest BCUT2D eigenvalue weighted by Gasteiger charge is 2.32. The maximum Gasteiger partial charge on any atom is 0.264 e. The van der Waals surface area contributed by atoms with Crippen LogP contribution in [0, 0.1) is 20.8 Å². The number of nitrogens with zero attached hydrogens (tertiary/aromatic N) is 1. The first kappa shape index (κ1) is 19.6. The van der Waals surface area contributed by atoms with Gasteiger partial charge in [-0.2, -0.15) is 0 Å². The minimum atomic E-state index is -0.353. The van der Waals surface area contributed by atoms with Gasteiger partial charge in [0.05, 0.1) is 4.88 Å². The van der Waals surface area contributed by atoms with Gasteiger partial charge < -0.3 is 10.2 Å². The van der Waals surface area contributed by atoms with Crippen LogP contribution in [0.15, 0.2) is 29.6 Å². The molecule has 1 aliphatic rings. The van der Waals surface area contributed by atoms with E-state index in [0.29, 0.717) is 18.0 Å². The van der Waals surface area contributed by atoms with Crippen LogP contribution in [0.3, 0.4) is 0 Å². The molecule has 4 nitrogen and oxygen atoms in total. The Balaban J connectivity index is 1.61. The molecule has 2 aromatic rings. The van der Waals surface area contributed by atoms with Crippen LogP contribution in [0.2, 0.25) is 0 Å². The summed E-state index contributed by atoms with van der Waals surface area (Å²) < 4.78 is 0. The molecule has 0 radical (unpaired) electrons. The van der Waals surface area contributed by atoms with E-state index in [4.69, 9.17) is 0 Å². The van der Waals surface area contributed by atoms with E-state index < -0.39 is 0 Å². The van der Waals surface area contributed by atoms with Gasteiger partial charge in [0.1, 0.15) is 6.04 Å². The smallest absolute Gasteiger partial charge is 0.264 e. The second-order valence-electron chi connectivity index (χ2n) is 7.41. The topological polar surface area (TPSA) is 49.4 Å². The van der Waals surface area contributed by atoms with Crippen molar-refractivity contribution >= 4 is 23.2 Å². The molecule has 3 rings (SSSR count). The molecule has 1 saturated heterocycles. The first-order chi connectivity index (χ1) is 13.0. The summed E-state index contributed by atoms with van der Waals surface area (Å²) in [6.07, 6.45) is 3.51. The number of nitrogens with one attached hydrogen (secondary N) is 1. The van der Waals surface area contributed by atoms with Crippen molar-refractivity contribution in [1.29, 1.82) is 0 Å². The second kappa shape index (κ2) is 8.70. The average molecular weight is 385 g/mol. The standard InChI is InChI=1S/C22H28N2O2S/c1-15-13-16(2)18(17(3)14-15)9-10-23-21(25)19-7-4-5-11-24(19)22(26)20-8-6-12-27-20/h6,8,12-14,19H,4-5,7,9-11H2,1-3H3,(H,23,25). The highest BCUT2D eigenvalue weighted by atomic mass is 32.1. The number of rotatable bonds is 5. The van der Waals surface area contributed by atoms with Crippen molar-refractivity contribution in [2.45, 2.75) is 52.5 Å². The van der Waals surface area contributed by atoms with Crippen LogP contribution in [0.1, 0.15) is 51.2 Å². The Kier molecular flexibility index (Phi) is 6.32. The van der Waals surface area contributed by atoms with Gasteiger partial charge in [-0.3, -0.25) is 9.59 Å². The fourth-order valence-electron chi connectivity index (χ4n) is 4.02. The Hall–Kier alpha value is -2.14. The van der Waals surface area contributed by atoms with Crippen molar-refractivity contribution in [3.8, 4) is 0 Å². The summed E-state index contributed by atoms with van der Waals surface area (Å²) in [5.74, 6) is -0.0444. The Morgan fingerprint density at radius 2 is 1.93 bits per heavy atom. The Morgan fingerprint density at radius 3 is 2.59 bits per heavy atom. The van der Waals surface area contributed by atoms with Crippen LogP contribution < -0.4 is 5.32 Å². The summed E-state index contributed by atoms with van der Waals surface area (Å²) in [6, 6.07) is 7.73. The number of piperidine rings is 1. The lowest BCUT2D eigenvalue weighted by Gasteiger charge is -2.34. The zero-order valence-electron chi connectivity index (χ0n) is 16.4. The first-order valence-corrected chi connectivity index (χ1v) is 10.5. The van der Waals surface area contributed by atoms with Crippen LogP contribution in [0.5, 0.6) is 0 Å². The van der Waals surface area contributed by atoms with E-state index in [1.165, 1.54) is 33.6 Å². The van der Waals surface area contributed by atoms with Gasteiger partial charge in [-0.1, -0.05) is 23.8 Å². The van der Waals surface area contributed by atoms with Gasteiger partial charge in [-0.15, -0.1) is 11.3 Å². The second-order valence-corrected chi connectivity index (χ2v) is 8.35. The fourth-order valence-corrected chi connectivity index (χ4v) is 4.70. The van der Waals surface area contributed by atoms with Crippen molar-refractivity contribution in [2.24, 2.45) is 0 Å². The lowest BCUT2D eigenvalue weighted by atomic mass is 9.97. The molecule has 1 unspecified atom stereocenters. The summed E-state index contributed by atoms with van der Waals surface area (Å²) in [6.45, 7) is 7.61. The largest absolute Gasteiger partial charge is 0.354 e. The van der Waals surface area contributed by atoms with Crippen LogP contribution in [0.25, 0.3) is 0 Å².